The summed E-state index contributed by atoms with van der Waals surface area (Å²) >= 11 is 0. The zero-order chi connectivity index (χ0) is 11.4. The molecule has 0 fully saturated rings. The minimum Gasteiger partial charge on any atom is -0.464 e. The van der Waals surface area contributed by atoms with Gasteiger partial charge in [-0.3, -0.25) is 0 Å². The highest BCUT2D eigenvalue weighted by Gasteiger charge is 2.33. The summed E-state index contributed by atoms with van der Waals surface area (Å²) in [5.41, 5.74) is 5.39. The molecule has 80 valence electrons. The van der Waals surface area contributed by atoms with Crippen LogP contribution in [0.2, 0.25) is 0 Å². The van der Waals surface area contributed by atoms with Gasteiger partial charge < -0.3 is 10.5 Å². The fourth-order valence-electron chi connectivity index (χ4n) is 0.886. The lowest BCUT2D eigenvalue weighted by atomic mass is 9.96. The predicted octanol–water partition coefficient (Wildman–Crippen LogP) is 0.155. The van der Waals surface area contributed by atoms with Gasteiger partial charge in [0.25, 0.3) is 0 Å². The van der Waals surface area contributed by atoms with Crippen LogP contribution in [0.1, 0.15) is 20.8 Å². The molecule has 0 aliphatic rings. The SMILES string of the molecule is CCOC(=O)C(C)(N)C(C)=C=[N+](C)C. The standard InChI is InChI=1S/C10H19N2O2/c1-6-14-9(13)10(3,11)8(2)7-12(4)5/h6,11H2,1-5H3/q+1. The van der Waals surface area contributed by atoms with Gasteiger partial charge in [-0.15, -0.1) is 0 Å². The summed E-state index contributed by atoms with van der Waals surface area (Å²) in [7, 11) is 3.65. The van der Waals surface area contributed by atoms with E-state index in [-0.39, 0.29) is 0 Å². The van der Waals surface area contributed by atoms with Gasteiger partial charge in [-0.25, -0.2) is 4.79 Å². The van der Waals surface area contributed by atoms with Crippen LogP contribution in [0.25, 0.3) is 0 Å². The number of nitrogens with two attached hydrogens (primary N) is 1. The second kappa shape index (κ2) is 4.94. The van der Waals surface area contributed by atoms with Crippen LogP contribution in [0.15, 0.2) is 5.57 Å². The Labute approximate surface area is 85.1 Å². The topological polar surface area (TPSA) is 55.3 Å². The van der Waals surface area contributed by atoms with E-state index in [1.54, 1.807) is 25.3 Å². The quantitative estimate of drug-likeness (QED) is 0.400. The highest BCUT2D eigenvalue weighted by Crippen LogP contribution is 2.11. The van der Waals surface area contributed by atoms with Crippen molar-refractivity contribution in [2.75, 3.05) is 20.7 Å². The van der Waals surface area contributed by atoms with E-state index in [1.165, 1.54) is 0 Å². The van der Waals surface area contributed by atoms with E-state index in [9.17, 15) is 4.79 Å². The Kier molecular flexibility index (Phi) is 4.54. The van der Waals surface area contributed by atoms with Crippen LogP contribution in [0.4, 0.5) is 0 Å². The van der Waals surface area contributed by atoms with E-state index in [2.05, 4.69) is 5.87 Å². The van der Waals surface area contributed by atoms with Crippen molar-refractivity contribution >= 4 is 11.8 Å². The van der Waals surface area contributed by atoms with Gasteiger partial charge in [-0.05, 0) is 20.8 Å². The average Bonchev–Trinajstić information content (AvgIpc) is 2.03. The van der Waals surface area contributed by atoms with Crippen LogP contribution in [0, 0.1) is 0 Å². The Balaban J connectivity index is 4.97. The van der Waals surface area contributed by atoms with Gasteiger partial charge in [-0.2, -0.15) is 4.58 Å². The maximum Gasteiger partial charge on any atom is 0.330 e. The third-order valence-electron chi connectivity index (χ3n) is 1.87. The van der Waals surface area contributed by atoms with Crippen molar-refractivity contribution < 1.29 is 14.1 Å². The molecule has 0 bridgehead atoms. The molecule has 0 aliphatic heterocycles. The first-order chi connectivity index (χ1) is 6.32. The molecule has 0 saturated heterocycles. The molecule has 0 amide bonds. The summed E-state index contributed by atoms with van der Waals surface area (Å²) < 4.78 is 6.59. The zero-order valence-corrected chi connectivity index (χ0v) is 9.55. The number of carbonyl (C=O) groups excluding carboxylic acids is 1. The molecule has 4 nitrogen and oxygen atoms in total. The highest BCUT2D eigenvalue weighted by molar-refractivity contribution is 5.87. The van der Waals surface area contributed by atoms with E-state index in [0.717, 1.165) is 0 Å². The Morgan fingerprint density at radius 1 is 1.57 bits per heavy atom. The minimum atomic E-state index is -1.10. The number of hydrogen-bond acceptors (Lipinski definition) is 3. The molecule has 1 atom stereocenters. The highest BCUT2D eigenvalue weighted by atomic mass is 16.5. The summed E-state index contributed by atoms with van der Waals surface area (Å²) in [5.74, 6) is 2.52. The zero-order valence-electron chi connectivity index (χ0n) is 9.55. The summed E-state index contributed by atoms with van der Waals surface area (Å²) in [6.07, 6.45) is 0. The van der Waals surface area contributed by atoms with Crippen LogP contribution in [-0.4, -0.2) is 42.7 Å². The molecular formula is C10H19N2O2+. The largest absolute Gasteiger partial charge is 0.464 e. The number of esters is 1. The van der Waals surface area contributed by atoms with Gasteiger partial charge >= 0.3 is 5.97 Å². The third kappa shape index (κ3) is 3.32. The van der Waals surface area contributed by atoms with Crippen molar-refractivity contribution in [1.29, 1.82) is 0 Å². The van der Waals surface area contributed by atoms with Crippen molar-refractivity contribution in [2.24, 2.45) is 5.73 Å². The lowest BCUT2D eigenvalue weighted by molar-refractivity contribution is -0.457. The predicted molar refractivity (Wildman–Crippen MR) is 55.5 cm³/mol. The first-order valence-corrected chi connectivity index (χ1v) is 4.56. The van der Waals surface area contributed by atoms with Crippen molar-refractivity contribution in [3.05, 3.63) is 5.57 Å². The second-order valence-corrected chi connectivity index (χ2v) is 3.55. The van der Waals surface area contributed by atoms with Gasteiger partial charge in [0, 0.05) is 0 Å². The van der Waals surface area contributed by atoms with Gasteiger partial charge in [0.15, 0.2) is 5.87 Å². The lowest BCUT2D eigenvalue weighted by Crippen LogP contribution is -2.47. The van der Waals surface area contributed by atoms with Gasteiger partial charge in [0.05, 0.1) is 12.2 Å². The summed E-state index contributed by atoms with van der Waals surface area (Å²) in [4.78, 5) is 11.5. The van der Waals surface area contributed by atoms with Crippen LogP contribution >= 0.6 is 0 Å². The summed E-state index contributed by atoms with van der Waals surface area (Å²) in [6.45, 7) is 5.47. The Bertz CT molecular complexity index is 282. The minimum absolute atomic E-state index is 0.334. The van der Waals surface area contributed by atoms with Crippen molar-refractivity contribution in [1.82, 2.24) is 0 Å². The number of ether oxygens (including phenoxy) is 1. The molecule has 0 aromatic carbocycles. The number of hydrogen-bond donors (Lipinski definition) is 1. The molecule has 4 heteroatoms. The van der Waals surface area contributed by atoms with E-state index in [1.807, 2.05) is 14.1 Å². The first kappa shape index (κ1) is 12.9. The van der Waals surface area contributed by atoms with Gasteiger partial charge in [-0.1, -0.05) is 0 Å². The monoisotopic (exact) mass is 199 g/mol. The Morgan fingerprint density at radius 2 is 2.07 bits per heavy atom. The van der Waals surface area contributed by atoms with Crippen molar-refractivity contribution in [2.45, 2.75) is 26.3 Å². The summed E-state index contributed by atoms with van der Waals surface area (Å²) in [6, 6.07) is 0. The molecule has 0 rings (SSSR count). The molecule has 0 aliphatic carbocycles. The van der Waals surface area contributed by atoms with Gasteiger partial charge in [0.2, 0.25) is 0 Å². The molecule has 0 radical (unpaired) electrons. The summed E-state index contributed by atoms with van der Waals surface area (Å²) in [5, 5.41) is 0. The number of rotatable bonds is 3. The third-order valence-corrected chi connectivity index (χ3v) is 1.87. The van der Waals surface area contributed by atoms with E-state index >= 15 is 0 Å². The molecular weight excluding hydrogens is 180 g/mol. The smallest absolute Gasteiger partial charge is 0.330 e. The number of carbonyl (C=O) groups is 1. The van der Waals surface area contributed by atoms with E-state index < -0.39 is 11.5 Å². The van der Waals surface area contributed by atoms with E-state index in [4.69, 9.17) is 10.5 Å². The van der Waals surface area contributed by atoms with Crippen molar-refractivity contribution in [3.63, 3.8) is 0 Å². The number of nitrogens with zero attached hydrogens (tertiary/aromatic N) is 1. The average molecular weight is 199 g/mol. The van der Waals surface area contributed by atoms with Crippen molar-refractivity contribution in [3.8, 4) is 0 Å². The van der Waals surface area contributed by atoms with Crippen LogP contribution < -0.4 is 5.73 Å². The molecule has 0 saturated carbocycles. The van der Waals surface area contributed by atoms with E-state index in [0.29, 0.717) is 12.2 Å². The second-order valence-electron chi connectivity index (χ2n) is 3.55. The molecule has 2 N–H and O–H groups in total. The molecule has 0 heterocycles. The lowest BCUT2D eigenvalue weighted by Gasteiger charge is -2.20. The Morgan fingerprint density at radius 3 is 2.43 bits per heavy atom. The fourth-order valence-corrected chi connectivity index (χ4v) is 0.886. The molecule has 0 aromatic heterocycles. The maximum atomic E-state index is 11.5. The maximum absolute atomic E-state index is 11.5. The Hall–Kier alpha value is -1.12. The molecule has 14 heavy (non-hydrogen) atoms. The normalized spacial score (nSPS) is 13.9. The fraction of sp³-hybridized carbons (Fsp3) is 0.700. The molecule has 0 spiro atoms. The van der Waals surface area contributed by atoms with Crippen LogP contribution in [0.5, 0.6) is 0 Å². The molecule has 1 unspecified atom stereocenters. The molecule has 0 aromatic rings. The van der Waals surface area contributed by atoms with Crippen LogP contribution in [-0.2, 0) is 9.53 Å². The van der Waals surface area contributed by atoms with Crippen LogP contribution in [0.3, 0.4) is 0 Å². The van der Waals surface area contributed by atoms with Gasteiger partial charge in [0.1, 0.15) is 19.6 Å². The first-order valence-electron chi connectivity index (χ1n) is 4.56.